The van der Waals surface area contributed by atoms with Crippen molar-refractivity contribution in [1.82, 2.24) is 20.1 Å². The van der Waals surface area contributed by atoms with E-state index in [2.05, 4.69) is 10.3 Å². The van der Waals surface area contributed by atoms with Crippen molar-refractivity contribution in [2.75, 3.05) is 13.1 Å². The van der Waals surface area contributed by atoms with Crippen LogP contribution in [0.15, 0.2) is 54.9 Å². The smallest absolute Gasteiger partial charge is 0.262 e. The molecular weight excluding hydrogens is 476 g/mol. The van der Waals surface area contributed by atoms with Crippen LogP contribution in [0.2, 0.25) is 0 Å². The Kier molecular flexibility index (Phi) is 6.82. The third-order valence-electron chi connectivity index (χ3n) is 6.93. The number of carbonyl (C=O) groups is 4. The van der Waals surface area contributed by atoms with E-state index in [-0.39, 0.29) is 42.5 Å². The molecule has 2 saturated heterocycles. The fourth-order valence-corrected chi connectivity index (χ4v) is 6.20. The summed E-state index contributed by atoms with van der Waals surface area (Å²) in [6, 6.07) is 11.5. The minimum absolute atomic E-state index is 0.00476. The summed E-state index contributed by atoms with van der Waals surface area (Å²) in [5.41, 5.74) is 0.788. The fourth-order valence-electron chi connectivity index (χ4n) is 5.24. The quantitative estimate of drug-likeness (QED) is 0.534. The fraction of sp³-hybridized carbons (Fsp3) is 0.370. The van der Waals surface area contributed by atoms with Crippen LogP contribution in [0.3, 0.4) is 0 Å². The summed E-state index contributed by atoms with van der Waals surface area (Å²) in [7, 11) is 0. The Hall–Kier alpha value is -3.59. The molecule has 0 bridgehead atoms. The molecule has 2 aromatic heterocycles. The molecule has 3 unspecified atom stereocenters. The molecule has 0 spiro atoms. The molecule has 4 heterocycles. The van der Waals surface area contributed by atoms with Gasteiger partial charge >= 0.3 is 0 Å². The van der Waals surface area contributed by atoms with Crippen molar-refractivity contribution >= 4 is 44.9 Å². The second kappa shape index (κ2) is 10.2. The molecule has 2 aliphatic rings. The maximum absolute atomic E-state index is 13.6. The molecule has 5 rings (SSSR count). The molecule has 9 heteroatoms. The Bertz CT molecular complexity index is 1270. The Labute approximate surface area is 213 Å². The van der Waals surface area contributed by atoms with Crippen molar-refractivity contribution in [3.05, 3.63) is 65.3 Å². The van der Waals surface area contributed by atoms with Crippen molar-refractivity contribution in [2.24, 2.45) is 0 Å². The maximum Gasteiger partial charge on any atom is 0.262 e. The predicted octanol–water partition coefficient (Wildman–Crippen LogP) is 2.82. The van der Waals surface area contributed by atoms with Crippen molar-refractivity contribution < 1.29 is 19.2 Å². The lowest BCUT2D eigenvalue weighted by atomic mass is 10.1. The number of thiophene rings is 1. The van der Waals surface area contributed by atoms with Crippen LogP contribution < -0.4 is 5.32 Å². The van der Waals surface area contributed by atoms with Crippen molar-refractivity contribution in [1.29, 1.82) is 0 Å². The zero-order valence-corrected chi connectivity index (χ0v) is 20.9. The summed E-state index contributed by atoms with van der Waals surface area (Å²) in [6.07, 6.45) is 5.18. The number of benzene rings is 1. The molecule has 0 saturated carbocycles. The van der Waals surface area contributed by atoms with Crippen LogP contribution >= 0.6 is 11.3 Å². The summed E-state index contributed by atoms with van der Waals surface area (Å²) in [5, 5.41) is 3.90. The number of nitrogens with one attached hydrogen (secondary N) is 1. The van der Waals surface area contributed by atoms with Crippen LogP contribution in [0, 0.1) is 0 Å². The van der Waals surface area contributed by atoms with E-state index in [0.29, 0.717) is 30.7 Å². The first kappa shape index (κ1) is 24.1. The van der Waals surface area contributed by atoms with Crippen molar-refractivity contribution in [3.63, 3.8) is 0 Å². The number of amides is 3. The van der Waals surface area contributed by atoms with E-state index in [1.807, 2.05) is 43.3 Å². The van der Waals surface area contributed by atoms with Crippen LogP contribution in [-0.4, -0.2) is 69.5 Å². The van der Waals surface area contributed by atoms with E-state index < -0.39 is 12.1 Å². The van der Waals surface area contributed by atoms with Gasteiger partial charge in [0.2, 0.25) is 11.8 Å². The first-order chi connectivity index (χ1) is 17.5. The summed E-state index contributed by atoms with van der Waals surface area (Å²) >= 11 is 1.39. The Balaban J connectivity index is 1.28. The minimum atomic E-state index is -0.723. The monoisotopic (exact) mass is 504 g/mol. The number of likely N-dealkylation sites (tertiary alicyclic amines) is 2. The van der Waals surface area contributed by atoms with Gasteiger partial charge in [-0.05, 0) is 42.0 Å². The minimum Gasteiger partial charge on any atom is -0.340 e. The van der Waals surface area contributed by atoms with Gasteiger partial charge in [0.05, 0.1) is 23.9 Å². The van der Waals surface area contributed by atoms with Crippen LogP contribution in [-0.2, 0) is 20.8 Å². The normalized spacial score (nSPS) is 20.0. The molecule has 2 fully saturated rings. The first-order valence-electron chi connectivity index (χ1n) is 12.3. The maximum atomic E-state index is 13.6. The number of hydrogen-bond donors (Lipinski definition) is 1. The van der Waals surface area contributed by atoms with Gasteiger partial charge in [0.15, 0.2) is 5.78 Å². The number of Topliss-reactive ketones (excluding diaryl/α,β-unsaturated/α-hetero) is 1. The second-order valence-electron chi connectivity index (χ2n) is 9.32. The number of carbonyl (C=O) groups excluding carboxylic acids is 4. The van der Waals surface area contributed by atoms with Crippen LogP contribution in [0.1, 0.15) is 41.4 Å². The van der Waals surface area contributed by atoms with Gasteiger partial charge in [-0.15, -0.1) is 11.3 Å². The van der Waals surface area contributed by atoms with Gasteiger partial charge in [0, 0.05) is 23.6 Å². The predicted molar refractivity (Wildman–Crippen MR) is 137 cm³/mol. The Morgan fingerprint density at radius 3 is 2.75 bits per heavy atom. The molecule has 3 atom stereocenters. The topological polar surface area (TPSA) is 99.7 Å². The molecule has 2 aliphatic heterocycles. The third kappa shape index (κ3) is 4.63. The average molecular weight is 505 g/mol. The SMILES string of the molecule is CCCC(NC(=O)c1cc2ccccc2s1)C(=O)N1CCC2C1C(=O)CN2C(=O)Cc1cccnc1. The van der Waals surface area contributed by atoms with Gasteiger partial charge in [0.25, 0.3) is 5.91 Å². The summed E-state index contributed by atoms with van der Waals surface area (Å²) in [4.78, 5) is 60.4. The summed E-state index contributed by atoms with van der Waals surface area (Å²) in [6.45, 7) is 2.35. The lowest BCUT2D eigenvalue weighted by Crippen LogP contribution is -2.52. The zero-order valence-electron chi connectivity index (χ0n) is 20.1. The molecule has 0 radical (unpaired) electrons. The highest BCUT2D eigenvalue weighted by molar-refractivity contribution is 7.20. The summed E-state index contributed by atoms with van der Waals surface area (Å²) < 4.78 is 1.01. The zero-order chi connectivity index (χ0) is 25.2. The molecule has 3 aromatic rings. The molecule has 36 heavy (non-hydrogen) atoms. The number of aromatic nitrogens is 1. The van der Waals surface area contributed by atoms with Gasteiger partial charge in [-0.3, -0.25) is 24.2 Å². The standard InChI is InChI=1S/C27H28N4O4S/c1-2-6-19(29-26(34)23-14-18-8-3-4-9-22(18)36-23)27(35)30-12-10-20-25(30)21(32)16-31(20)24(33)13-17-7-5-11-28-15-17/h3-5,7-9,11,14-15,19-20,25H,2,6,10,12-13,16H2,1H3,(H,29,34). The molecule has 8 nitrogen and oxygen atoms in total. The highest BCUT2D eigenvalue weighted by Crippen LogP contribution is 2.31. The number of fused-ring (bicyclic) bond motifs is 2. The Morgan fingerprint density at radius 2 is 2.00 bits per heavy atom. The molecule has 1 N–H and O–H groups in total. The molecule has 186 valence electrons. The van der Waals surface area contributed by atoms with Gasteiger partial charge in [0.1, 0.15) is 12.1 Å². The van der Waals surface area contributed by atoms with Crippen molar-refractivity contribution in [3.8, 4) is 0 Å². The number of nitrogens with zero attached hydrogens (tertiary/aromatic N) is 3. The number of rotatable bonds is 7. The lowest BCUT2D eigenvalue weighted by Gasteiger charge is -2.28. The largest absolute Gasteiger partial charge is 0.340 e. The molecular formula is C27H28N4O4S. The van der Waals surface area contributed by atoms with Gasteiger partial charge < -0.3 is 15.1 Å². The van der Waals surface area contributed by atoms with E-state index in [1.54, 1.807) is 28.3 Å². The van der Waals surface area contributed by atoms with E-state index in [4.69, 9.17) is 0 Å². The molecule has 1 aromatic carbocycles. The Morgan fingerprint density at radius 1 is 1.17 bits per heavy atom. The second-order valence-corrected chi connectivity index (χ2v) is 10.4. The third-order valence-corrected chi connectivity index (χ3v) is 8.05. The number of hydrogen-bond acceptors (Lipinski definition) is 6. The van der Waals surface area contributed by atoms with Crippen molar-refractivity contribution in [2.45, 2.75) is 50.7 Å². The van der Waals surface area contributed by atoms with Crippen LogP contribution in [0.5, 0.6) is 0 Å². The highest BCUT2D eigenvalue weighted by atomic mass is 32.1. The first-order valence-corrected chi connectivity index (χ1v) is 13.1. The van der Waals surface area contributed by atoms with E-state index >= 15 is 0 Å². The van der Waals surface area contributed by atoms with E-state index in [9.17, 15) is 19.2 Å². The van der Waals surface area contributed by atoms with Gasteiger partial charge in [-0.25, -0.2) is 0 Å². The van der Waals surface area contributed by atoms with Crippen LogP contribution in [0.25, 0.3) is 10.1 Å². The lowest BCUT2D eigenvalue weighted by molar-refractivity contribution is -0.138. The highest BCUT2D eigenvalue weighted by Gasteiger charge is 2.52. The molecule has 3 amide bonds. The summed E-state index contributed by atoms with van der Waals surface area (Å²) in [5.74, 6) is -0.809. The van der Waals surface area contributed by atoms with Gasteiger partial charge in [-0.2, -0.15) is 0 Å². The van der Waals surface area contributed by atoms with Crippen LogP contribution in [0.4, 0.5) is 0 Å². The van der Waals surface area contributed by atoms with E-state index in [0.717, 1.165) is 15.6 Å². The number of pyridine rings is 1. The van der Waals surface area contributed by atoms with Gasteiger partial charge in [-0.1, -0.05) is 37.6 Å². The average Bonchev–Trinajstić information content (AvgIpc) is 3.59. The van der Waals surface area contributed by atoms with E-state index in [1.165, 1.54) is 11.3 Å². The molecule has 0 aliphatic carbocycles. The number of ketones is 1.